The Morgan fingerprint density at radius 2 is 2.00 bits per heavy atom. The molecule has 2 rings (SSSR count). The fraction of sp³-hybridized carbons (Fsp3) is 0.611. The molecule has 22 heavy (non-hydrogen) atoms. The van der Waals surface area contributed by atoms with Gasteiger partial charge < -0.3 is 5.11 Å². The molecule has 1 atom stereocenters. The van der Waals surface area contributed by atoms with E-state index in [1.54, 1.807) is 0 Å². The third kappa shape index (κ3) is 4.82. The molecule has 1 N–H and O–H groups in total. The molecule has 1 aromatic carbocycles. The van der Waals surface area contributed by atoms with Crippen molar-refractivity contribution in [3.8, 4) is 0 Å². The molecule has 1 heterocycles. The Balaban J connectivity index is 1.91. The van der Waals surface area contributed by atoms with Crippen molar-refractivity contribution < 1.29 is 9.90 Å². The Kier molecular flexibility index (Phi) is 6.40. The van der Waals surface area contributed by atoms with Gasteiger partial charge >= 0.3 is 5.97 Å². The highest BCUT2D eigenvalue weighted by atomic mass is 16.4. The number of carboxylic acid groups (broad SMARTS) is 1. The lowest BCUT2D eigenvalue weighted by Crippen LogP contribution is -2.36. The van der Waals surface area contributed by atoms with Crippen molar-refractivity contribution in [1.29, 1.82) is 0 Å². The monoisotopic (exact) mass is 304 g/mol. The number of aliphatic carboxylic acids is 1. The van der Waals surface area contributed by atoms with Gasteiger partial charge in [0, 0.05) is 12.6 Å². The van der Waals surface area contributed by atoms with Gasteiger partial charge in [-0.25, -0.2) is 0 Å². The Bertz CT molecular complexity index is 490. The zero-order valence-electron chi connectivity index (χ0n) is 13.8. The van der Waals surface area contributed by atoms with Crippen molar-refractivity contribution in [2.45, 2.75) is 45.2 Å². The van der Waals surface area contributed by atoms with Crippen LogP contribution >= 0.6 is 0 Å². The summed E-state index contributed by atoms with van der Waals surface area (Å²) in [6.07, 6.45) is 4.37. The van der Waals surface area contributed by atoms with Crippen LogP contribution in [0, 0.1) is 0 Å². The minimum Gasteiger partial charge on any atom is -0.480 e. The summed E-state index contributed by atoms with van der Waals surface area (Å²) >= 11 is 0. The lowest BCUT2D eigenvalue weighted by Gasteiger charge is -2.26. The van der Waals surface area contributed by atoms with Gasteiger partial charge in [0.25, 0.3) is 0 Å². The predicted octanol–water partition coefficient (Wildman–Crippen LogP) is 2.62. The molecular formula is C18H28N2O2. The van der Waals surface area contributed by atoms with Crippen molar-refractivity contribution in [3.63, 3.8) is 0 Å². The van der Waals surface area contributed by atoms with Gasteiger partial charge in [-0.05, 0) is 56.9 Å². The zero-order valence-corrected chi connectivity index (χ0v) is 13.8. The van der Waals surface area contributed by atoms with Crippen molar-refractivity contribution in [3.05, 3.63) is 35.4 Å². The van der Waals surface area contributed by atoms with E-state index in [-0.39, 0.29) is 6.54 Å². The summed E-state index contributed by atoms with van der Waals surface area (Å²) < 4.78 is 0. The molecule has 1 aromatic rings. The van der Waals surface area contributed by atoms with Crippen LogP contribution in [0.2, 0.25) is 0 Å². The average molecular weight is 304 g/mol. The molecule has 0 saturated carbocycles. The van der Waals surface area contributed by atoms with E-state index < -0.39 is 5.97 Å². The quantitative estimate of drug-likeness (QED) is 0.877. The molecule has 4 nitrogen and oxygen atoms in total. The molecule has 0 radical (unpaired) electrons. The van der Waals surface area contributed by atoms with Crippen LogP contribution in [0.15, 0.2) is 24.3 Å². The molecule has 0 amide bonds. The number of hydrogen-bond acceptors (Lipinski definition) is 3. The van der Waals surface area contributed by atoms with Crippen LogP contribution in [-0.4, -0.2) is 53.6 Å². The number of likely N-dealkylation sites (tertiary alicyclic amines) is 1. The first-order valence-electron chi connectivity index (χ1n) is 8.31. The Labute approximate surface area is 133 Å². The van der Waals surface area contributed by atoms with Crippen molar-refractivity contribution in [2.75, 3.05) is 26.7 Å². The lowest BCUT2D eigenvalue weighted by molar-refractivity contribution is -0.138. The highest BCUT2D eigenvalue weighted by molar-refractivity contribution is 5.69. The second-order valence-electron chi connectivity index (χ2n) is 6.29. The first kappa shape index (κ1) is 17.0. The van der Waals surface area contributed by atoms with E-state index in [0.29, 0.717) is 6.04 Å². The molecule has 0 spiro atoms. The van der Waals surface area contributed by atoms with E-state index in [9.17, 15) is 4.79 Å². The summed E-state index contributed by atoms with van der Waals surface area (Å²) in [5, 5.41) is 8.94. The van der Waals surface area contributed by atoms with Crippen molar-refractivity contribution in [1.82, 2.24) is 9.80 Å². The fourth-order valence-electron chi connectivity index (χ4n) is 3.38. The summed E-state index contributed by atoms with van der Waals surface area (Å²) in [6, 6.07) is 9.08. The van der Waals surface area contributed by atoms with Crippen LogP contribution < -0.4 is 0 Å². The van der Waals surface area contributed by atoms with Gasteiger partial charge in [-0.2, -0.15) is 0 Å². The third-order valence-electron chi connectivity index (χ3n) is 4.69. The summed E-state index contributed by atoms with van der Waals surface area (Å²) in [7, 11) is 1.93. The zero-order chi connectivity index (χ0) is 15.9. The maximum atomic E-state index is 10.9. The number of aryl methyl sites for hydroxylation is 1. The molecule has 1 fully saturated rings. The Hall–Kier alpha value is -1.39. The molecule has 1 saturated heterocycles. The summed E-state index contributed by atoms with van der Waals surface area (Å²) in [5.74, 6) is -0.736. The normalized spacial score (nSPS) is 20.0. The molecule has 122 valence electrons. The number of rotatable bonds is 6. The van der Waals surface area contributed by atoms with Gasteiger partial charge in [0.2, 0.25) is 0 Å². The third-order valence-corrected chi connectivity index (χ3v) is 4.69. The van der Waals surface area contributed by atoms with E-state index in [1.165, 1.54) is 11.1 Å². The van der Waals surface area contributed by atoms with E-state index in [0.717, 1.165) is 45.3 Å². The number of carbonyl (C=O) groups is 1. The SMILES string of the molecule is CCc1ccccc1CN1CCCC(N(C)CC(=O)O)CC1. The van der Waals surface area contributed by atoms with Crippen LogP contribution in [-0.2, 0) is 17.8 Å². The molecular weight excluding hydrogens is 276 g/mol. The van der Waals surface area contributed by atoms with Gasteiger partial charge in [0.05, 0.1) is 6.54 Å². The molecule has 1 aliphatic heterocycles. The predicted molar refractivity (Wildman–Crippen MR) is 89.0 cm³/mol. The molecule has 1 unspecified atom stereocenters. The van der Waals surface area contributed by atoms with E-state index in [2.05, 4.69) is 36.1 Å². The topological polar surface area (TPSA) is 43.8 Å². The Morgan fingerprint density at radius 3 is 2.68 bits per heavy atom. The lowest BCUT2D eigenvalue weighted by atomic mass is 10.0. The van der Waals surface area contributed by atoms with Crippen LogP contribution in [0.4, 0.5) is 0 Å². The van der Waals surface area contributed by atoms with E-state index in [4.69, 9.17) is 5.11 Å². The summed E-state index contributed by atoms with van der Waals surface area (Å²) in [6.45, 7) is 5.52. The van der Waals surface area contributed by atoms with Gasteiger partial charge in [0.15, 0.2) is 0 Å². The average Bonchev–Trinajstić information content (AvgIpc) is 2.73. The van der Waals surface area contributed by atoms with E-state index >= 15 is 0 Å². The first-order chi connectivity index (χ1) is 10.6. The first-order valence-corrected chi connectivity index (χ1v) is 8.31. The van der Waals surface area contributed by atoms with Crippen molar-refractivity contribution in [2.24, 2.45) is 0 Å². The van der Waals surface area contributed by atoms with Gasteiger partial charge in [-0.15, -0.1) is 0 Å². The van der Waals surface area contributed by atoms with Gasteiger partial charge in [-0.3, -0.25) is 14.6 Å². The standard InChI is InChI=1S/C18H28N2O2/c1-3-15-7-4-5-8-16(15)13-20-11-6-9-17(10-12-20)19(2)14-18(21)22/h4-5,7-8,17H,3,6,9-14H2,1-2H3,(H,21,22). The van der Waals surface area contributed by atoms with E-state index in [1.807, 2.05) is 11.9 Å². The Morgan fingerprint density at radius 1 is 1.27 bits per heavy atom. The molecule has 0 aromatic heterocycles. The second-order valence-corrected chi connectivity index (χ2v) is 6.29. The van der Waals surface area contributed by atoms with Crippen LogP contribution in [0.1, 0.15) is 37.3 Å². The number of hydrogen-bond donors (Lipinski definition) is 1. The number of nitrogens with zero attached hydrogens (tertiary/aromatic N) is 2. The largest absolute Gasteiger partial charge is 0.480 e. The van der Waals surface area contributed by atoms with Gasteiger partial charge in [-0.1, -0.05) is 31.2 Å². The molecule has 1 aliphatic rings. The molecule has 4 heteroatoms. The van der Waals surface area contributed by atoms with Crippen molar-refractivity contribution >= 4 is 5.97 Å². The maximum Gasteiger partial charge on any atom is 0.317 e. The smallest absolute Gasteiger partial charge is 0.317 e. The van der Waals surface area contributed by atoms with Crippen LogP contribution in [0.5, 0.6) is 0 Å². The molecule has 0 bridgehead atoms. The van der Waals surface area contributed by atoms with Crippen LogP contribution in [0.3, 0.4) is 0 Å². The van der Waals surface area contributed by atoms with Crippen LogP contribution in [0.25, 0.3) is 0 Å². The van der Waals surface area contributed by atoms with Gasteiger partial charge in [0.1, 0.15) is 0 Å². The summed E-state index contributed by atoms with van der Waals surface area (Å²) in [4.78, 5) is 15.4. The number of likely N-dealkylation sites (N-methyl/N-ethyl adjacent to an activating group) is 1. The highest BCUT2D eigenvalue weighted by Crippen LogP contribution is 2.19. The maximum absolute atomic E-state index is 10.9. The molecule has 0 aliphatic carbocycles. The number of benzene rings is 1. The minimum absolute atomic E-state index is 0.142. The highest BCUT2D eigenvalue weighted by Gasteiger charge is 2.21. The summed E-state index contributed by atoms with van der Waals surface area (Å²) in [5.41, 5.74) is 2.87. The number of carboxylic acids is 1. The minimum atomic E-state index is -0.736. The second kappa shape index (κ2) is 8.30. The fourth-order valence-corrected chi connectivity index (χ4v) is 3.38.